The van der Waals surface area contributed by atoms with E-state index >= 15 is 0 Å². The van der Waals surface area contributed by atoms with Crippen LogP contribution in [0.15, 0.2) is 30.6 Å². The molecule has 0 saturated carbocycles. The van der Waals surface area contributed by atoms with Gasteiger partial charge in [-0.25, -0.2) is 18.7 Å². The summed E-state index contributed by atoms with van der Waals surface area (Å²) in [5.74, 6) is -1.04. The van der Waals surface area contributed by atoms with Gasteiger partial charge in [-0.3, -0.25) is 4.79 Å². The molecule has 1 heterocycles. The Labute approximate surface area is 127 Å². The van der Waals surface area contributed by atoms with E-state index in [4.69, 9.17) is 0 Å². The molecule has 116 valence electrons. The number of aryl methyl sites for hydroxylation is 1. The zero-order chi connectivity index (χ0) is 16.1. The molecule has 22 heavy (non-hydrogen) atoms. The van der Waals surface area contributed by atoms with Crippen molar-refractivity contribution in [1.82, 2.24) is 9.97 Å². The average Bonchev–Trinajstić information content (AvgIpc) is 2.45. The first kappa shape index (κ1) is 15.8. The summed E-state index contributed by atoms with van der Waals surface area (Å²) in [6.45, 7) is 0. The Hall–Kier alpha value is -2.57. The van der Waals surface area contributed by atoms with Gasteiger partial charge in [0, 0.05) is 26.6 Å². The van der Waals surface area contributed by atoms with Gasteiger partial charge >= 0.3 is 0 Å². The highest BCUT2D eigenvalue weighted by molar-refractivity contribution is 5.90. The second kappa shape index (κ2) is 6.93. The number of nitrogens with one attached hydrogen (secondary N) is 1. The molecule has 0 fully saturated rings. The molecule has 0 saturated heterocycles. The Morgan fingerprint density at radius 1 is 1.14 bits per heavy atom. The van der Waals surface area contributed by atoms with Crippen molar-refractivity contribution in [3.8, 4) is 0 Å². The summed E-state index contributed by atoms with van der Waals surface area (Å²) in [5.41, 5.74) is 0.910. The second-order valence-corrected chi connectivity index (χ2v) is 4.99. The number of anilines is 2. The second-order valence-electron chi connectivity index (χ2n) is 4.99. The minimum absolute atomic E-state index is 0.109. The molecule has 1 amide bonds. The maximum absolute atomic E-state index is 13.0. The molecular weight excluding hydrogens is 290 g/mol. The lowest BCUT2D eigenvalue weighted by Gasteiger charge is -2.10. The van der Waals surface area contributed by atoms with Crippen molar-refractivity contribution in [2.24, 2.45) is 0 Å². The van der Waals surface area contributed by atoms with E-state index in [0.717, 1.165) is 6.07 Å². The van der Waals surface area contributed by atoms with E-state index in [0.29, 0.717) is 17.2 Å². The third-order valence-corrected chi connectivity index (χ3v) is 2.89. The van der Waals surface area contributed by atoms with Crippen LogP contribution in [0.2, 0.25) is 0 Å². The number of nitrogens with zero attached hydrogens (tertiary/aromatic N) is 3. The van der Waals surface area contributed by atoms with Gasteiger partial charge in [0.15, 0.2) is 0 Å². The van der Waals surface area contributed by atoms with Gasteiger partial charge in [0.2, 0.25) is 11.9 Å². The van der Waals surface area contributed by atoms with Crippen LogP contribution in [0.4, 0.5) is 20.4 Å². The predicted molar refractivity (Wildman–Crippen MR) is 79.7 cm³/mol. The van der Waals surface area contributed by atoms with Crippen LogP contribution in [-0.4, -0.2) is 30.0 Å². The number of hydrogen-bond acceptors (Lipinski definition) is 4. The Morgan fingerprint density at radius 2 is 1.73 bits per heavy atom. The molecule has 1 aromatic carbocycles. The van der Waals surface area contributed by atoms with Crippen LogP contribution in [0.25, 0.3) is 0 Å². The van der Waals surface area contributed by atoms with E-state index in [9.17, 15) is 13.6 Å². The lowest BCUT2D eigenvalue weighted by Crippen LogP contribution is -2.15. The van der Waals surface area contributed by atoms with Gasteiger partial charge in [-0.05, 0) is 24.1 Å². The van der Waals surface area contributed by atoms with Crippen molar-refractivity contribution >= 4 is 17.5 Å². The van der Waals surface area contributed by atoms with Gasteiger partial charge in [0.1, 0.15) is 11.6 Å². The summed E-state index contributed by atoms with van der Waals surface area (Å²) >= 11 is 0. The third kappa shape index (κ3) is 4.47. The molecule has 1 N–H and O–H groups in total. The number of rotatable bonds is 5. The minimum atomic E-state index is -0.650. The van der Waals surface area contributed by atoms with E-state index in [2.05, 4.69) is 15.3 Å². The first-order chi connectivity index (χ1) is 10.4. The molecule has 7 heteroatoms. The standard InChI is InChI=1S/C15H16F2N4O/c1-21(2)15-18-8-13(9-19-15)20-14(22)4-3-10-5-11(16)7-12(17)6-10/h5-9H,3-4H2,1-2H3,(H,20,22). The minimum Gasteiger partial charge on any atom is -0.347 e. The van der Waals surface area contributed by atoms with Crippen LogP contribution in [0, 0.1) is 11.6 Å². The van der Waals surface area contributed by atoms with Crippen molar-refractivity contribution in [1.29, 1.82) is 0 Å². The van der Waals surface area contributed by atoms with Crippen LogP contribution in [-0.2, 0) is 11.2 Å². The van der Waals surface area contributed by atoms with Crippen LogP contribution in [0.3, 0.4) is 0 Å². The summed E-state index contributed by atoms with van der Waals surface area (Å²) in [7, 11) is 3.62. The van der Waals surface area contributed by atoms with Crippen molar-refractivity contribution in [2.45, 2.75) is 12.8 Å². The molecule has 0 spiro atoms. The molecule has 0 aliphatic carbocycles. The molecule has 0 aliphatic rings. The van der Waals surface area contributed by atoms with Gasteiger partial charge in [-0.15, -0.1) is 0 Å². The first-order valence-corrected chi connectivity index (χ1v) is 6.68. The molecular formula is C15H16F2N4O. The highest BCUT2D eigenvalue weighted by Gasteiger charge is 2.07. The fourth-order valence-corrected chi connectivity index (χ4v) is 1.85. The van der Waals surface area contributed by atoms with Crippen LogP contribution in [0.1, 0.15) is 12.0 Å². The molecule has 2 rings (SSSR count). The van der Waals surface area contributed by atoms with Crippen molar-refractivity contribution in [2.75, 3.05) is 24.3 Å². The summed E-state index contributed by atoms with van der Waals surface area (Å²) in [4.78, 5) is 21.7. The largest absolute Gasteiger partial charge is 0.347 e. The summed E-state index contributed by atoms with van der Waals surface area (Å²) in [6.07, 6.45) is 3.36. The zero-order valence-electron chi connectivity index (χ0n) is 12.3. The number of carbonyl (C=O) groups excluding carboxylic acids is 1. The van der Waals surface area contributed by atoms with Crippen molar-refractivity contribution in [3.05, 3.63) is 47.8 Å². The van der Waals surface area contributed by atoms with E-state index in [1.807, 2.05) is 14.1 Å². The van der Waals surface area contributed by atoms with Crippen LogP contribution in [0.5, 0.6) is 0 Å². The number of halogens is 2. The Balaban J connectivity index is 1.90. The zero-order valence-corrected chi connectivity index (χ0v) is 12.3. The van der Waals surface area contributed by atoms with Crippen LogP contribution >= 0.6 is 0 Å². The maximum atomic E-state index is 13.0. The number of amides is 1. The number of benzene rings is 1. The average molecular weight is 306 g/mol. The van der Waals surface area contributed by atoms with E-state index in [1.54, 1.807) is 4.90 Å². The van der Waals surface area contributed by atoms with Gasteiger partial charge < -0.3 is 10.2 Å². The number of carbonyl (C=O) groups is 1. The molecule has 0 bridgehead atoms. The Morgan fingerprint density at radius 3 is 2.27 bits per heavy atom. The van der Waals surface area contributed by atoms with E-state index in [1.165, 1.54) is 24.5 Å². The van der Waals surface area contributed by atoms with Gasteiger partial charge in [0.25, 0.3) is 0 Å². The Bertz CT molecular complexity index is 639. The first-order valence-electron chi connectivity index (χ1n) is 6.68. The van der Waals surface area contributed by atoms with E-state index in [-0.39, 0.29) is 18.7 Å². The SMILES string of the molecule is CN(C)c1ncc(NC(=O)CCc2cc(F)cc(F)c2)cn1. The molecule has 1 aromatic heterocycles. The monoisotopic (exact) mass is 306 g/mol. The molecule has 0 atom stereocenters. The van der Waals surface area contributed by atoms with Crippen molar-refractivity contribution < 1.29 is 13.6 Å². The van der Waals surface area contributed by atoms with Gasteiger partial charge in [0.05, 0.1) is 18.1 Å². The smallest absolute Gasteiger partial charge is 0.224 e. The quantitative estimate of drug-likeness (QED) is 0.921. The Kier molecular flexibility index (Phi) is 4.98. The lowest BCUT2D eigenvalue weighted by atomic mass is 10.1. The van der Waals surface area contributed by atoms with Crippen LogP contribution < -0.4 is 10.2 Å². The number of hydrogen-bond donors (Lipinski definition) is 1. The molecule has 0 radical (unpaired) electrons. The topological polar surface area (TPSA) is 58.1 Å². The molecule has 0 unspecified atom stereocenters. The fourth-order valence-electron chi connectivity index (χ4n) is 1.85. The van der Waals surface area contributed by atoms with E-state index < -0.39 is 11.6 Å². The highest BCUT2D eigenvalue weighted by Crippen LogP contribution is 2.12. The van der Waals surface area contributed by atoms with Gasteiger partial charge in [-0.1, -0.05) is 0 Å². The third-order valence-electron chi connectivity index (χ3n) is 2.89. The normalized spacial score (nSPS) is 10.4. The molecule has 0 aliphatic heterocycles. The number of aromatic nitrogens is 2. The lowest BCUT2D eigenvalue weighted by molar-refractivity contribution is -0.116. The van der Waals surface area contributed by atoms with Crippen molar-refractivity contribution in [3.63, 3.8) is 0 Å². The van der Waals surface area contributed by atoms with Gasteiger partial charge in [-0.2, -0.15) is 0 Å². The molecule has 5 nitrogen and oxygen atoms in total. The summed E-state index contributed by atoms with van der Waals surface area (Å²) in [6, 6.07) is 3.23. The molecule has 2 aromatic rings. The summed E-state index contributed by atoms with van der Waals surface area (Å²) < 4.78 is 26.1. The highest BCUT2D eigenvalue weighted by atomic mass is 19.1. The maximum Gasteiger partial charge on any atom is 0.224 e. The predicted octanol–water partition coefficient (Wildman–Crippen LogP) is 2.39. The summed E-state index contributed by atoms with van der Waals surface area (Å²) in [5, 5.41) is 2.64. The fraction of sp³-hybridized carbons (Fsp3) is 0.267.